The van der Waals surface area contributed by atoms with Gasteiger partial charge in [-0.05, 0) is 67.6 Å². The molecule has 29 heavy (non-hydrogen) atoms. The first kappa shape index (κ1) is 21.3. The van der Waals surface area contributed by atoms with Crippen molar-refractivity contribution in [1.82, 2.24) is 4.31 Å². The zero-order chi connectivity index (χ0) is 21.0. The number of hydrogen-bond donors (Lipinski definition) is 2. The average Bonchev–Trinajstić information content (AvgIpc) is 3.24. The Kier molecular flexibility index (Phi) is 6.59. The van der Waals surface area contributed by atoms with Crippen molar-refractivity contribution < 1.29 is 13.2 Å². The number of benzene rings is 2. The van der Waals surface area contributed by atoms with Crippen LogP contribution in [0.1, 0.15) is 45.1 Å². The lowest BCUT2D eigenvalue weighted by molar-refractivity contribution is -0.116. The summed E-state index contributed by atoms with van der Waals surface area (Å²) in [5.41, 5.74) is 2.69. The van der Waals surface area contributed by atoms with Gasteiger partial charge in [-0.1, -0.05) is 26.0 Å². The first-order valence-corrected chi connectivity index (χ1v) is 11.5. The van der Waals surface area contributed by atoms with Gasteiger partial charge in [0.15, 0.2) is 0 Å². The molecule has 0 radical (unpaired) electrons. The lowest BCUT2D eigenvalue weighted by Gasteiger charge is -2.17. The van der Waals surface area contributed by atoms with Crippen molar-refractivity contribution in [3.8, 4) is 0 Å². The van der Waals surface area contributed by atoms with Gasteiger partial charge in [0, 0.05) is 24.5 Å². The molecule has 0 aliphatic carbocycles. The highest BCUT2D eigenvalue weighted by Gasteiger charge is 2.27. The Hall–Kier alpha value is -2.38. The normalized spacial score (nSPS) is 16.0. The molecule has 2 aromatic carbocycles. The number of carbonyl (C=O) groups is 1. The van der Waals surface area contributed by atoms with Crippen LogP contribution in [0, 0.1) is 0 Å². The summed E-state index contributed by atoms with van der Waals surface area (Å²) in [6, 6.07) is 14.0. The molecule has 0 bridgehead atoms. The first-order valence-electron chi connectivity index (χ1n) is 10.0. The van der Waals surface area contributed by atoms with Crippen LogP contribution in [-0.2, 0) is 14.8 Å². The van der Waals surface area contributed by atoms with E-state index < -0.39 is 16.1 Å². The molecule has 1 amide bonds. The number of nitrogens with zero attached hydrogens (tertiary/aromatic N) is 1. The molecule has 1 saturated heterocycles. The van der Waals surface area contributed by atoms with Crippen molar-refractivity contribution in [1.29, 1.82) is 0 Å². The lowest BCUT2D eigenvalue weighted by atomic mass is 10.0. The van der Waals surface area contributed by atoms with E-state index in [0.29, 0.717) is 24.7 Å². The number of sulfonamides is 1. The quantitative estimate of drug-likeness (QED) is 0.716. The van der Waals surface area contributed by atoms with Crippen LogP contribution >= 0.6 is 0 Å². The fourth-order valence-corrected chi connectivity index (χ4v) is 4.84. The predicted octanol–water partition coefficient (Wildman–Crippen LogP) is 4.03. The Labute approximate surface area is 173 Å². The van der Waals surface area contributed by atoms with Gasteiger partial charge in [0.05, 0.1) is 4.90 Å². The molecule has 0 aromatic heterocycles. The molecule has 2 aromatic rings. The minimum Gasteiger partial charge on any atom is -0.374 e. The van der Waals surface area contributed by atoms with Crippen molar-refractivity contribution in [2.24, 2.45) is 0 Å². The van der Waals surface area contributed by atoms with E-state index in [4.69, 9.17) is 0 Å². The second-order valence-electron chi connectivity index (χ2n) is 7.77. The van der Waals surface area contributed by atoms with Crippen LogP contribution in [0.5, 0.6) is 0 Å². The van der Waals surface area contributed by atoms with E-state index in [-0.39, 0.29) is 10.8 Å². The molecule has 0 saturated carbocycles. The molecule has 6 nitrogen and oxygen atoms in total. The van der Waals surface area contributed by atoms with Crippen molar-refractivity contribution in [2.75, 3.05) is 23.7 Å². The van der Waals surface area contributed by atoms with E-state index in [9.17, 15) is 13.2 Å². The number of anilines is 2. The Morgan fingerprint density at radius 3 is 2.00 bits per heavy atom. The summed E-state index contributed by atoms with van der Waals surface area (Å²) >= 11 is 0. The maximum atomic E-state index is 12.6. The number of hydrogen-bond acceptors (Lipinski definition) is 4. The minimum atomic E-state index is -3.44. The largest absolute Gasteiger partial charge is 0.374 e. The van der Waals surface area contributed by atoms with Crippen molar-refractivity contribution in [2.45, 2.75) is 50.5 Å². The van der Waals surface area contributed by atoms with E-state index in [1.807, 2.05) is 12.1 Å². The third-order valence-corrected chi connectivity index (χ3v) is 7.09. The minimum absolute atomic E-state index is 0.187. The van der Waals surface area contributed by atoms with Crippen LogP contribution in [-0.4, -0.2) is 37.8 Å². The summed E-state index contributed by atoms with van der Waals surface area (Å²) in [5, 5.41) is 6.02. The van der Waals surface area contributed by atoms with Crippen LogP contribution in [0.25, 0.3) is 0 Å². The van der Waals surface area contributed by atoms with Crippen molar-refractivity contribution in [3.63, 3.8) is 0 Å². The predicted molar refractivity (Wildman–Crippen MR) is 117 cm³/mol. The third kappa shape index (κ3) is 5.16. The second-order valence-corrected chi connectivity index (χ2v) is 9.71. The van der Waals surface area contributed by atoms with Gasteiger partial charge < -0.3 is 10.6 Å². The fourth-order valence-electron chi connectivity index (χ4n) is 3.32. The average molecular weight is 416 g/mol. The molecule has 1 heterocycles. The summed E-state index contributed by atoms with van der Waals surface area (Å²) in [4.78, 5) is 12.7. The smallest absolute Gasteiger partial charge is 0.246 e. The molecule has 1 atom stereocenters. The van der Waals surface area contributed by atoms with E-state index in [1.165, 1.54) is 9.87 Å². The summed E-state index contributed by atoms with van der Waals surface area (Å²) in [6.45, 7) is 7.21. The van der Waals surface area contributed by atoms with Crippen molar-refractivity contribution in [3.05, 3.63) is 54.1 Å². The Morgan fingerprint density at radius 1 is 0.897 bits per heavy atom. The van der Waals surface area contributed by atoms with Gasteiger partial charge in [-0.15, -0.1) is 0 Å². The lowest BCUT2D eigenvalue weighted by Crippen LogP contribution is -2.32. The van der Waals surface area contributed by atoms with E-state index in [2.05, 4.69) is 36.6 Å². The van der Waals surface area contributed by atoms with Gasteiger partial charge in [-0.2, -0.15) is 4.31 Å². The molecule has 0 spiro atoms. The molecule has 1 aliphatic heterocycles. The van der Waals surface area contributed by atoms with Gasteiger partial charge in [0.25, 0.3) is 0 Å². The van der Waals surface area contributed by atoms with Crippen molar-refractivity contribution >= 4 is 27.3 Å². The SMILES string of the molecule is CC(C)c1ccc(N[C@H](C)C(=O)Nc2ccc(S(=O)(=O)N3CCCC3)cc2)cc1. The van der Waals surface area contributed by atoms with E-state index in [0.717, 1.165) is 18.5 Å². The Balaban J connectivity index is 1.59. The molecule has 0 unspecified atom stereocenters. The van der Waals surface area contributed by atoms with Gasteiger partial charge in [0.2, 0.25) is 15.9 Å². The molecule has 7 heteroatoms. The topological polar surface area (TPSA) is 78.5 Å². The van der Waals surface area contributed by atoms with Gasteiger partial charge >= 0.3 is 0 Å². The first-order chi connectivity index (χ1) is 13.8. The number of rotatable bonds is 7. The van der Waals surface area contributed by atoms with Crippen LogP contribution in [0.15, 0.2) is 53.4 Å². The number of nitrogens with one attached hydrogen (secondary N) is 2. The molecular weight excluding hydrogens is 386 g/mol. The Morgan fingerprint density at radius 2 is 1.45 bits per heavy atom. The molecule has 3 rings (SSSR count). The summed E-state index contributed by atoms with van der Waals surface area (Å²) in [7, 11) is -3.44. The fraction of sp³-hybridized carbons (Fsp3) is 0.409. The molecule has 156 valence electrons. The number of carbonyl (C=O) groups excluding carboxylic acids is 1. The highest BCUT2D eigenvalue weighted by molar-refractivity contribution is 7.89. The second kappa shape index (κ2) is 8.97. The maximum Gasteiger partial charge on any atom is 0.246 e. The number of amides is 1. The Bertz CT molecular complexity index is 932. The molecule has 2 N–H and O–H groups in total. The van der Waals surface area contributed by atoms with Gasteiger partial charge in [0.1, 0.15) is 6.04 Å². The summed E-state index contributed by atoms with van der Waals surface area (Å²) in [6.07, 6.45) is 1.80. The van der Waals surface area contributed by atoms with Crippen LogP contribution in [0.3, 0.4) is 0 Å². The highest BCUT2D eigenvalue weighted by atomic mass is 32.2. The zero-order valence-electron chi connectivity index (χ0n) is 17.2. The molecular formula is C22H29N3O3S. The third-order valence-electron chi connectivity index (χ3n) is 5.18. The van der Waals surface area contributed by atoms with Crippen LogP contribution in [0.4, 0.5) is 11.4 Å². The maximum absolute atomic E-state index is 12.6. The highest BCUT2D eigenvalue weighted by Crippen LogP contribution is 2.22. The summed E-state index contributed by atoms with van der Waals surface area (Å²) in [5.74, 6) is 0.273. The van der Waals surface area contributed by atoms with E-state index >= 15 is 0 Å². The van der Waals surface area contributed by atoms with Gasteiger partial charge in [-0.25, -0.2) is 8.42 Å². The van der Waals surface area contributed by atoms with Gasteiger partial charge in [-0.3, -0.25) is 4.79 Å². The van der Waals surface area contributed by atoms with E-state index in [1.54, 1.807) is 31.2 Å². The zero-order valence-corrected chi connectivity index (χ0v) is 18.0. The monoisotopic (exact) mass is 415 g/mol. The van der Waals surface area contributed by atoms with Crippen LogP contribution < -0.4 is 10.6 Å². The molecule has 1 aliphatic rings. The molecule has 1 fully saturated rings. The standard InChI is InChI=1S/C22H29N3O3S/c1-16(2)18-6-8-19(9-7-18)23-17(3)22(26)24-20-10-12-21(13-11-20)29(27,28)25-14-4-5-15-25/h6-13,16-17,23H,4-5,14-15H2,1-3H3,(H,24,26)/t17-/m1/s1. The van der Waals surface area contributed by atoms with Crippen LogP contribution in [0.2, 0.25) is 0 Å². The summed E-state index contributed by atoms with van der Waals surface area (Å²) < 4.78 is 26.7.